The van der Waals surface area contributed by atoms with Gasteiger partial charge in [0, 0.05) is 32.0 Å². The van der Waals surface area contributed by atoms with Gasteiger partial charge in [0.15, 0.2) is 0 Å². The summed E-state index contributed by atoms with van der Waals surface area (Å²) in [7, 11) is 1.68. The summed E-state index contributed by atoms with van der Waals surface area (Å²) in [6.45, 7) is 2.41. The van der Waals surface area contributed by atoms with E-state index < -0.39 is 0 Å². The molecule has 4 rings (SSSR count). The number of para-hydroxylation sites is 2. The van der Waals surface area contributed by atoms with E-state index in [1.165, 1.54) is 5.56 Å². The number of likely N-dealkylation sites (tertiary alicyclic amines) is 1. The molecule has 2 N–H and O–H groups in total. The van der Waals surface area contributed by atoms with Gasteiger partial charge in [-0.2, -0.15) is 0 Å². The van der Waals surface area contributed by atoms with E-state index in [4.69, 9.17) is 4.74 Å². The zero-order valence-electron chi connectivity index (χ0n) is 16.9. The number of nitrogens with zero attached hydrogens (tertiary/aromatic N) is 2. The number of benzene rings is 2. The third kappa shape index (κ3) is 4.77. The number of fused-ring (bicyclic) bond motifs is 1. The lowest BCUT2D eigenvalue weighted by molar-refractivity contribution is -0.129. The minimum Gasteiger partial charge on any atom is -0.497 e. The number of aromatic amines is 1. The molecule has 1 aliphatic heterocycles. The van der Waals surface area contributed by atoms with Crippen LogP contribution in [-0.2, 0) is 17.8 Å². The fourth-order valence-corrected chi connectivity index (χ4v) is 4.03. The van der Waals surface area contributed by atoms with Crippen molar-refractivity contribution in [3.05, 3.63) is 59.9 Å². The van der Waals surface area contributed by atoms with Gasteiger partial charge in [0.2, 0.25) is 5.91 Å². The van der Waals surface area contributed by atoms with E-state index in [9.17, 15) is 4.79 Å². The van der Waals surface area contributed by atoms with Crippen LogP contribution in [0.2, 0.25) is 0 Å². The molecule has 1 saturated heterocycles. The van der Waals surface area contributed by atoms with Gasteiger partial charge < -0.3 is 19.9 Å². The normalized spacial score (nSPS) is 16.7. The number of H-pyrrole nitrogens is 1. The van der Waals surface area contributed by atoms with Crippen LogP contribution in [0.1, 0.15) is 30.7 Å². The maximum absolute atomic E-state index is 12.4. The summed E-state index contributed by atoms with van der Waals surface area (Å²) in [5, 5.41) is 3.49. The van der Waals surface area contributed by atoms with E-state index in [-0.39, 0.29) is 5.91 Å². The highest BCUT2D eigenvalue weighted by Gasteiger charge is 2.30. The van der Waals surface area contributed by atoms with Crippen LogP contribution < -0.4 is 10.1 Å². The van der Waals surface area contributed by atoms with E-state index in [1.807, 2.05) is 47.4 Å². The first-order chi connectivity index (χ1) is 14.2. The molecule has 0 radical (unpaired) electrons. The Labute approximate surface area is 171 Å². The summed E-state index contributed by atoms with van der Waals surface area (Å²) < 4.78 is 5.27. The van der Waals surface area contributed by atoms with E-state index in [2.05, 4.69) is 21.4 Å². The maximum atomic E-state index is 12.4. The number of rotatable bonds is 9. The lowest BCUT2D eigenvalue weighted by atomic mass is 10.1. The SMILES string of the molecule is COc1cccc(CNCC[C@H]2CCC(=O)N2CCc2nc3ccccc3[nH]2)c1. The van der Waals surface area contributed by atoms with Gasteiger partial charge in [-0.3, -0.25) is 4.79 Å². The summed E-state index contributed by atoms with van der Waals surface area (Å²) in [4.78, 5) is 22.4. The molecule has 2 aromatic carbocycles. The smallest absolute Gasteiger partial charge is 0.222 e. The van der Waals surface area contributed by atoms with E-state index >= 15 is 0 Å². The van der Waals surface area contributed by atoms with Crippen molar-refractivity contribution >= 4 is 16.9 Å². The third-order valence-corrected chi connectivity index (χ3v) is 5.60. The third-order valence-electron chi connectivity index (χ3n) is 5.60. The second-order valence-corrected chi connectivity index (χ2v) is 7.55. The lowest BCUT2D eigenvalue weighted by Gasteiger charge is -2.24. The predicted molar refractivity (Wildman–Crippen MR) is 114 cm³/mol. The zero-order valence-corrected chi connectivity index (χ0v) is 16.9. The number of imidazole rings is 1. The van der Waals surface area contributed by atoms with Crippen molar-refractivity contribution in [2.24, 2.45) is 0 Å². The maximum Gasteiger partial charge on any atom is 0.222 e. The zero-order chi connectivity index (χ0) is 20.1. The van der Waals surface area contributed by atoms with Gasteiger partial charge in [-0.15, -0.1) is 0 Å². The van der Waals surface area contributed by atoms with Gasteiger partial charge >= 0.3 is 0 Å². The van der Waals surface area contributed by atoms with Crippen LogP contribution in [-0.4, -0.2) is 47.0 Å². The van der Waals surface area contributed by atoms with Gasteiger partial charge in [0.1, 0.15) is 11.6 Å². The first-order valence-electron chi connectivity index (χ1n) is 10.3. The molecule has 1 fully saturated rings. The summed E-state index contributed by atoms with van der Waals surface area (Å²) in [6, 6.07) is 16.4. The molecule has 6 nitrogen and oxygen atoms in total. The molecule has 1 aromatic heterocycles. The number of carbonyl (C=O) groups excluding carboxylic acids is 1. The Balaban J connectivity index is 1.26. The van der Waals surface area contributed by atoms with Gasteiger partial charge in [-0.25, -0.2) is 4.98 Å². The average molecular weight is 393 g/mol. The van der Waals surface area contributed by atoms with Gasteiger partial charge in [-0.1, -0.05) is 24.3 Å². The molecule has 152 valence electrons. The van der Waals surface area contributed by atoms with Crippen LogP contribution in [0, 0.1) is 0 Å². The molecule has 3 aromatic rings. The summed E-state index contributed by atoms with van der Waals surface area (Å²) in [5.41, 5.74) is 3.23. The molecule has 1 amide bonds. The molecular weight excluding hydrogens is 364 g/mol. The van der Waals surface area contributed by atoms with Crippen molar-refractivity contribution < 1.29 is 9.53 Å². The van der Waals surface area contributed by atoms with Gasteiger partial charge in [0.05, 0.1) is 18.1 Å². The molecule has 2 heterocycles. The number of aromatic nitrogens is 2. The van der Waals surface area contributed by atoms with Crippen molar-refractivity contribution in [1.29, 1.82) is 0 Å². The number of ether oxygens (including phenoxy) is 1. The highest BCUT2D eigenvalue weighted by atomic mass is 16.5. The number of carbonyl (C=O) groups is 1. The van der Waals surface area contributed by atoms with Crippen molar-refractivity contribution in [3.63, 3.8) is 0 Å². The highest BCUT2D eigenvalue weighted by Crippen LogP contribution is 2.22. The van der Waals surface area contributed by atoms with Crippen LogP contribution in [0.5, 0.6) is 5.75 Å². The number of hydrogen-bond acceptors (Lipinski definition) is 4. The Morgan fingerprint density at radius 1 is 1.24 bits per heavy atom. The number of methoxy groups -OCH3 is 1. The monoisotopic (exact) mass is 392 g/mol. The average Bonchev–Trinajstić information content (AvgIpc) is 3.32. The second-order valence-electron chi connectivity index (χ2n) is 7.55. The molecule has 0 bridgehead atoms. The fraction of sp³-hybridized carbons (Fsp3) is 0.391. The summed E-state index contributed by atoms with van der Waals surface area (Å²) >= 11 is 0. The molecule has 6 heteroatoms. The first-order valence-corrected chi connectivity index (χ1v) is 10.3. The van der Waals surface area contributed by atoms with E-state index in [0.717, 1.165) is 61.5 Å². The molecular formula is C23H28N4O2. The fourth-order valence-electron chi connectivity index (χ4n) is 4.03. The van der Waals surface area contributed by atoms with Crippen LogP contribution in [0.25, 0.3) is 11.0 Å². The molecule has 1 aliphatic rings. The highest BCUT2D eigenvalue weighted by molar-refractivity contribution is 5.79. The van der Waals surface area contributed by atoms with Crippen LogP contribution in [0.3, 0.4) is 0 Å². The Morgan fingerprint density at radius 2 is 2.14 bits per heavy atom. The first kappa shape index (κ1) is 19.5. The van der Waals surface area contributed by atoms with E-state index in [0.29, 0.717) is 12.5 Å². The second kappa shape index (κ2) is 9.09. The Kier molecular flexibility index (Phi) is 6.10. The van der Waals surface area contributed by atoms with Crippen molar-refractivity contribution in [2.75, 3.05) is 20.2 Å². The summed E-state index contributed by atoms with van der Waals surface area (Å²) in [5.74, 6) is 2.09. The van der Waals surface area contributed by atoms with Crippen molar-refractivity contribution in [1.82, 2.24) is 20.2 Å². The van der Waals surface area contributed by atoms with Crippen molar-refractivity contribution in [3.8, 4) is 5.75 Å². The molecule has 1 atom stereocenters. The largest absolute Gasteiger partial charge is 0.497 e. The molecule has 0 unspecified atom stereocenters. The Bertz CT molecular complexity index is 935. The molecule has 0 saturated carbocycles. The standard InChI is InChI=1S/C23H28N4O2/c1-29-19-6-4-5-17(15-19)16-24-13-11-18-9-10-23(28)27(18)14-12-22-25-20-7-2-3-8-21(20)26-22/h2-8,15,18,24H,9-14,16H2,1H3,(H,25,26)/t18-/m1/s1. The van der Waals surface area contributed by atoms with Crippen LogP contribution >= 0.6 is 0 Å². The molecule has 0 aliphatic carbocycles. The number of amides is 1. The minimum atomic E-state index is 0.263. The van der Waals surface area contributed by atoms with Crippen LogP contribution in [0.15, 0.2) is 48.5 Å². The van der Waals surface area contributed by atoms with Gasteiger partial charge in [-0.05, 0) is 49.2 Å². The minimum absolute atomic E-state index is 0.263. The number of hydrogen-bond donors (Lipinski definition) is 2. The van der Waals surface area contributed by atoms with E-state index in [1.54, 1.807) is 7.11 Å². The molecule has 0 spiro atoms. The van der Waals surface area contributed by atoms with Crippen LogP contribution in [0.4, 0.5) is 0 Å². The number of nitrogens with one attached hydrogen (secondary N) is 2. The topological polar surface area (TPSA) is 70.2 Å². The quantitative estimate of drug-likeness (QED) is 0.548. The predicted octanol–water partition coefficient (Wildman–Crippen LogP) is 3.28. The van der Waals surface area contributed by atoms with Gasteiger partial charge in [0.25, 0.3) is 0 Å². The Hall–Kier alpha value is -2.86. The lowest BCUT2D eigenvalue weighted by Crippen LogP contribution is -2.36. The Morgan fingerprint density at radius 3 is 3.00 bits per heavy atom. The van der Waals surface area contributed by atoms with Crippen molar-refractivity contribution in [2.45, 2.75) is 38.3 Å². The molecule has 29 heavy (non-hydrogen) atoms. The summed E-state index contributed by atoms with van der Waals surface area (Å²) in [6.07, 6.45) is 3.32.